The molecule has 5 heteroatoms. The van der Waals surface area contributed by atoms with E-state index in [1.165, 1.54) is 18.6 Å². The van der Waals surface area contributed by atoms with Crippen molar-refractivity contribution in [3.05, 3.63) is 11.7 Å². The zero-order chi connectivity index (χ0) is 12.3. The second-order valence-electron chi connectivity index (χ2n) is 4.58. The highest BCUT2D eigenvalue weighted by Gasteiger charge is 2.27. The third-order valence-electron chi connectivity index (χ3n) is 3.49. The Hall–Kier alpha value is -0.550. The van der Waals surface area contributed by atoms with Crippen LogP contribution in [0.25, 0.3) is 0 Å². The number of nitrogens with zero attached hydrogens (tertiary/aromatic N) is 2. The Labute approximate surface area is 107 Å². The first kappa shape index (κ1) is 12.9. The predicted molar refractivity (Wildman–Crippen MR) is 70.3 cm³/mol. The van der Waals surface area contributed by atoms with Gasteiger partial charge in [-0.2, -0.15) is 16.7 Å². The van der Waals surface area contributed by atoms with Crippen LogP contribution in [0.15, 0.2) is 4.52 Å². The topological polar surface area (TPSA) is 51.0 Å². The van der Waals surface area contributed by atoms with Gasteiger partial charge in [0, 0.05) is 6.04 Å². The number of thioether (sulfide) groups is 1. The zero-order valence-electron chi connectivity index (χ0n) is 10.8. The van der Waals surface area contributed by atoms with Crippen LogP contribution in [0.2, 0.25) is 0 Å². The molecule has 1 N–H and O–H groups in total. The number of hydrogen-bond acceptors (Lipinski definition) is 5. The quantitative estimate of drug-likeness (QED) is 0.876. The van der Waals surface area contributed by atoms with E-state index < -0.39 is 0 Å². The van der Waals surface area contributed by atoms with E-state index in [-0.39, 0.29) is 0 Å². The summed E-state index contributed by atoms with van der Waals surface area (Å²) in [5.74, 6) is 3.22. The van der Waals surface area contributed by atoms with Gasteiger partial charge >= 0.3 is 0 Å². The lowest BCUT2D eigenvalue weighted by Gasteiger charge is -2.17. The summed E-state index contributed by atoms with van der Waals surface area (Å²) in [7, 11) is 1.97. The summed E-state index contributed by atoms with van der Waals surface area (Å²) in [6.07, 6.45) is 3.47. The molecule has 4 nitrogen and oxygen atoms in total. The van der Waals surface area contributed by atoms with Crippen LogP contribution in [-0.4, -0.2) is 29.0 Å². The first-order chi connectivity index (χ1) is 8.26. The highest BCUT2D eigenvalue weighted by atomic mass is 32.2. The van der Waals surface area contributed by atoms with E-state index in [1.807, 2.05) is 18.8 Å². The Morgan fingerprint density at radius 3 is 3.00 bits per heavy atom. The van der Waals surface area contributed by atoms with Crippen LogP contribution in [0.5, 0.6) is 0 Å². The molecule has 0 bridgehead atoms. The Balaban J connectivity index is 2.10. The van der Waals surface area contributed by atoms with Gasteiger partial charge in [0.1, 0.15) is 0 Å². The largest absolute Gasteiger partial charge is 0.339 e. The number of likely N-dealkylation sites (N-methyl/N-ethyl adjacent to an activating group) is 1. The summed E-state index contributed by atoms with van der Waals surface area (Å²) in [5, 5.41) is 7.86. The van der Waals surface area contributed by atoms with Crippen molar-refractivity contribution in [2.45, 2.75) is 50.3 Å². The summed E-state index contributed by atoms with van der Waals surface area (Å²) in [5.41, 5.74) is 0. The van der Waals surface area contributed by atoms with Crippen LogP contribution in [0.1, 0.15) is 56.0 Å². The van der Waals surface area contributed by atoms with Gasteiger partial charge in [0.25, 0.3) is 0 Å². The van der Waals surface area contributed by atoms with Gasteiger partial charge in [-0.25, -0.2) is 0 Å². The summed E-state index contributed by atoms with van der Waals surface area (Å²) >= 11 is 1.94. The summed E-state index contributed by atoms with van der Waals surface area (Å²) < 4.78 is 5.44. The number of rotatable bonds is 5. The Kier molecular flexibility index (Phi) is 4.45. The SMILES string of the molecule is CCC(c1nc(C2CCCS2)no1)C(C)NC. The second-order valence-corrected chi connectivity index (χ2v) is 5.90. The van der Waals surface area contributed by atoms with Crippen LogP contribution in [0.3, 0.4) is 0 Å². The molecule has 2 heterocycles. The highest BCUT2D eigenvalue weighted by Crippen LogP contribution is 2.38. The molecule has 96 valence electrons. The smallest absolute Gasteiger partial charge is 0.231 e. The van der Waals surface area contributed by atoms with E-state index >= 15 is 0 Å². The molecule has 2 rings (SSSR count). The first-order valence-electron chi connectivity index (χ1n) is 6.38. The monoisotopic (exact) mass is 255 g/mol. The number of nitrogens with one attached hydrogen (secondary N) is 1. The van der Waals surface area contributed by atoms with E-state index in [0.29, 0.717) is 17.2 Å². The van der Waals surface area contributed by atoms with Crippen LogP contribution < -0.4 is 5.32 Å². The van der Waals surface area contributed by atoms with Gasteiger partial charge in [-0.1, -0.05) is 12.1 Å². The van der Waals surface area contributed by atoms with Gasteiger partial charge in [-0.15, -0.1) is 0 Å². The first-order valence-corrected chi connectivity index (χ1v) is 7.43. The van der Waals surface area contributed by atoms with Gasteiger partial charge in [0.15, 0.2) is 5.82 Å². The molecule has 0 amide bonds. The van der Waals surface area contributed by atoms with E-state index in [2.05, 4.69) is 29.3 Å². The van der Waals surface area contributed by atoms with Crippen LogP contribution >= 0.6 is 11.8 Å². The second kappa shape index (κ2) is 5.87. The molecular weight excluding hydrogens is 234 g/mol. The van der Waals surface area contributed by atoms with Crippen molar-refractivity contribution in [2.75, 3.05) is 12.8 Å². The fourth-order valence-corrected chi connectivity index (χ4v) is 3.45. The van der Waals surface area contributed by atoms with E-state index in [1.54, 1.807) is 0 Å². The molecule has 0 spiro atoms. The molecule has 1 saturated heterocycles. The maximum absolute atomic E-state index is 5.44. The van der Waals surface area contributed by atoms with Gasteiger partial charge < -0.3 is 9.84 Å². The van der Waals surface area contributed by atoms with Gasteiger partial charge in [0.2, 0.25) is 5.89 Å². The molecule has 0 saturated carbocycles. The van der Waals surface area contributed by atoms with Crippen LogP contribution in [-0.2, 0) is 0 Å². The molecule has 1 aromatic heterocycles. The normalized spacial score (nSPS) is 23.8. The maximum atomic E-state index is 5.44. The lowest BCUT2D eigenvalue weighted by atomic mass is 9.98. The van der Waals surface area contributed by atoms with Gasteiger partial charge in [0.05, 0.1) is 11.2 Å². The summed E-state index contributed by atoms with van der Waals surface area (Å²) in [6.45, 7) is 4.31. The molecule has 0 radical (unpaired) electrons. The van der Waals surface area contributed by atoms with Crippen molar-refractivity contribution < 1.29 is 4.52 Å². The van der Waals surface area contributed by atoms with Crippen molar-refractivity contribution in [1.82, 2.24) is 15.5 Å². The van der Waals surface area contributed by atoms with Crippen molar-refractivity contribution >= 4 is 11.8 Å². The fraction of sp³-hybridized carbons (Fsp3) is 0.833. The zero-order valence-corrected chi connectivity index (χ0v) is 11.6. The lowest BCUT2D eigenvalue weighted by molar-refractivity contribution is 0.319. The summed E-state index contributed by atoms with van der Waals surface area (Å²) in [6, 6.07) is 0.365. The van der Waals surface area contributed by atoms with E-state index in [9.17, 15) is 0 Å². The molecule has 1 fully saturated rings. The third kappa shape index (κ3) is 2.83. The summed E-state index contributed by atoms with van der Waals surface area (Å²) in [4.78, 5) is 4.59. The highest BCUT2D eigenvalue weighted by molar-refractivity contribution is 7.99. The van der Waals surface area contributed by atoms with Crippen LogP contribution in [0.4, 0.5) is 0 Å². The molecule has 17 heavy (non-hydrogen) atoms. The Morgan fingerprint density at radius 1 is 1.59 bits per heavy atom. The molecule has 1 aliphatic rings. The third-order valence-corrected chi connectivity index (χ3v) is 4.86. The molecule has 1 aliphatic heterocycles. The molecule has 0 aromatic carbocycles. The standard InChI is InChI=1S/C12H21N3OS/c1-4-9(8(2)13-3)12-14-11(15-16-12)10-6-5-7-17-10/h8-10,13H,4-7H2,1-3H3. The molecule has 3 unspecified atom stereocenters. The van der Waals surface area contributed by atoms with Crippen molar-refractivity contribution in [3.63, 3.8) is 0 Å². The molecule has 0 aliphatic carbocycles. The predicted octanol–water partition coefficient (Wildman–Crippen LogP) is 2.74. The Morgan fingerprint density at radius 2 is 2.41 bits per heavy atom. The number of hydrogen-bond donors (Lipinski definition) is 1. The van der Waals surface area contributed by atoms with Crippen molar-refractivity contribution in [3.8, 4) is 0 Å². The molecule has 3 atom stereocenters. The Bertz CT molecular complexity index is 349. The molecule has 1 aromatic rings. The minimum absolute atomic E-state index is 0.313. The minimum atomic E-state index is 0.313. The van der Waals surface area contributed by atoms with E-state index in [4.69, 9.17) is 4.52 Å². The van der Waals surface area contributed by atoms with Gasteiger partial charge in [-0.05, 0) is 39.0 Å². The maximum Gasteiger partial charge on any atom is 0.231 e. The minimum Gasteiger partial charge on any atom is -0.339 e. The van der Waals surface area contributed by atoms with E-state index in [0.717, 1.165) is 18.1 Å². The van der Waals surface area contributed by atoms with Crippen LogP contribution in [0, 0.1) is 0 Å². The fourth-order valence-electron chi connectivity index (χ4n) is 2.25. The number of aromatic nitrogens is 2. The van der Waals surface area contributed by atoms with Crippen molar-refractivity contribution in [2.24, 2.45) is 0 Å². The lowest BCUT2D eigenvalue weighted by Crippen LogP contribution is -2.28. The average molecular weight is 255 g/mol. The average Bonchev–Trinajstić information content (AvgIpc) is 2.99. The molecular formula is C12H21N3OS. The van der Waals surface area contributed by atoms with Crippen molar-refractivity contribution in [1.29, 1.82) is 0 Å². The van der Waals surface area contributed by atoms with Gasteiger partial charge in [-0.3, -0.25) is 0 Å².